The van der Waals surface area contributed by atoms with Crippen molar-refractivity contribution >= 4 is 22.9 Å². The van der Waals surface area contributed by atoms with E-state index in [2.05, 4.69) is 28.5 Å². The van der Waals surface area contributed by atoms with Crippen LogP contribution in [0.3, 0.4) is 0 Å². The molecule has 1 heterocycles. The number of benzene rings is 1. The lowest BCUT2D eigenvalue weighted by Gasteiger charge is -1.99. The number of aryl methyl sites for hydroxylation is 1. The van der Waals surface area contributed by atoms with E-state index in [1.807, 2.05) is 19.1 Å². The van der Waals surface area contributed by atoms with Gasteiger partial charge in [0.2, 0.25) is 0 Å². The first-order chi connectivity index (χ1) is 8.70. The molecule has 2 rings (SSSR count). The highest BCUT2D eigenvalue weighted by molar-refractivity contribution is 7.14. The number of nitrogens with one attached hydrogen (secondary N) is 1. The van der Waals surface area contributed by atoms with E-state index in [1.165, 1.54) is 0 Å². The van der Waals surface area contributed by atoms with Crippen molar-refractivity contribution in [2.24, 2.45) is 0 Å². The van der Waals surface area contributed by atoms with Crippen molar-refractivity contribution in [2.75, 3.05) is 13.1 Å². The zero-order valence-corrected chi connectivity index (χ0v) is 12.1. The molecule has 18 heavy (non-hydrogen) atoms. The molecule has 2 aromatic rings. The van der Waals surface area contributed by atoms with E-state index in [-0.39, 0.29) is 0 Å². The Labute approximate surface area is 116 Å². The van der Waals surface area contributed by atoms with Crippen molar-refractivity contribution < 1.29 is 0 Å². The molecule has 5 heteroatoms. The van der Waals surface area contributed by atoms with E-state index in [1.54, 1.807) is 11.3 Å². The highest BCUT2D eigenvalue weighted by atomic mass is 35.5. The van der Waals surface area contributed by atoms with Crippen LogP contribution in [-0.2, 0) is 6.42 Å². The molecule has 0 aliphatic carbocycles. The Balaban J connectivity index is 2.11. The molecule has 0 bridgehead atoms. The number of hydrogen-bond acceptors (Lipinski definition) is 4. The SMILES string of the molecule is CCNCCc1nnc(-c2ccc(Cl)c(C)c2)s1. The molecule has 0 unspecified atom stereocenters. The maximum atomic E-state index is 6.02. The van der Waals surface area contributed by atoms with Gasteiger partial charge in [-0.05, 0) is 31.2 Å². The molecule has 0 saturated heterocycles. The van der Waals surface area contributed by atoms with E-state index in [4.69, 9.17) is 11.6 Å². The Morgan fingerprint density at radius 3 is 2.89 bits per heavy atom. The molecule has 0 fully saturated rings. The van der Waals surface area contributed by atoms with E-state index in [9.17, 15) is 0 Å². The lowest BCUT2D eigenvalue weighted by molar-refractivity contribution is 0.710. The maximum Gasteiger partial charge on any atom is 0.147 e. The summed E-state index contributed by atoms with van der Waals surface area (Å²) in [4.78, 5) is 0. The summed E-state index contributed by atoms with van der Waals surface area (Å²) in [7, 11) is 0. The average molecular weight is 282 g/mol. The second-order valence-electron chi connectivity index (χ2n) is 4.07. The van der Waals surface area contributed by atoms with Crippen LogP contribution < -0.4 is 5.32 Å². The van der Waals surface area contributed by atoms with Crippen LogP contribution >= 0.6 is 22.9 Å². The molecule has 1 aromatic heterocycles. The number of aromatic nitrogens is 2. The van der Waals surface area contributed by atoms with Gasteiger partial charge in [-0.2, -0.15) is 0 Å². The molecule has 3 nitrogen and oxygen atoms in total. The Morgan fingerprint density at radius 1 is 1.33 bits per heavy atom. The average Bonchev–Trinajstić information content (AvgIpc) is 2.82. The fourth-order valence-corrected chi connectivity index (χ4v) is 2.57. The fourth-order valence-electron chi connectivity index (χ4n) is 1.62. The minimum absolute atomic E-state index is 0.788. The highest BCUT2D eigenvalue weighted by Crippen LogP contribution is 2.27. The van der Waals surface area contributed by atoms with Gasteiger partial charge < -0.3 is 5.32 Å². The van der Waals surface area contributed by atoms with Crippen molar-refractivity contribution in [1.29, 1.82) is 0 Å². The molecule has 96 valence electrons. The van der Waals surface area contributed by atoms with E-state index < -0.39 is 0 Å². The van der Waals surface area contributed by atoms with Gasteiger partial charge in [-0.3, -0.25) is 0 Å². The summed E-state index contributed by atoms with van der Waals surface area (Å²) in [5.41, 5.74) is 2.16. The molecule has 0 aliphatic heterocycles. The number of nitrogens with zero attached hydrogens (tertiary/aromatic N) is 2. The van der Waals surface area contributed by atoms with Gasteiger partial charge in [0.25, 0.3) is 0 Å². The van der Waals surface area contributed by atoms with Crippen LogP contribution in [0.15, 0.2) is 18.2 Å². The van der Waals surface area contributed by atoms with Gasteiger partial charge in [-0.15, -0.1) is 10.2 Å². The zero-order chi connectivity index (χ0) is 13.0. The van der Waals surface area contributed by atoms with Crippen molar-refractivity contribution in [2.45, 2.75) is 20.3 Å². The number of halogens is 1. The van der Waals surface area contributed by atoms with Crippen LogP contribution in [0.2, 0.25) is 5.02 Å². The Bertz CT molecular complexity index is 525. The standard InChI is InChI=1S/C13H16ClN3S/c1-3-15-7-6-12-16-17-13(18-12)10-4-5-11(14)9(2)8-10/h4-5,8,15H,3,6-7H2,1-2H3. The van der Waals surface area contributed by atoms with Gasteiger partial charge in [-0.25, -0.2) is 0 Å². The van der Waals surface area contributed by atoms with Crippen molar-refractivity contribution in [3.05, 3.63) is 33.8 Å². The first kappa shape index (κ1) is 13.5. The van der Waals surface area contributed by atoms with Crippen LogP contribution in [-0.4, -0.2) is 23.3 Å². The van der Waals surface area contributed by atoms with Crippen LogP contribution in [0.5, 0.6) is 0 Å². The van der Waals surface area contributed by atoms with Crippen molar-refractivity contribution in [1.82, 2.24) is 15.5 Å². The minimum atomic E-state index is 0.788. The Morgan fingerprint density at radius 2 is 2.17 bits per heavy atom. The maximum absolute atomic E-state index is 6.02. The van der Waals surface area contributed by atoms with E-state index in [0.29, 0.717) is 0 Å². The molecule has 0 spiro atoms. The molecule has 1 aromatic carbocycles. The topological polar surface area (TPSA) is 37.8 Å². The number of likely N-dealkylation sites (N-methyl/N-ethyl adjacent to an activating group) is 1. The third kappa shape index (κ3) is 3.28. The molecular weight excluding hydrogens is 266 g/mol. The summed E-state index contributed by atoms with van der Waals surface area (Å²) in [6, 6.07) is 5.95. The van der Waals surface area contributed by atoms with Crippen LogP contribution in [0.1, 0.15) is 17.5 Å². The summed E-state index contributed by atoms with van der Waals surface area (Å²) < 4.78 is 0. The molecule has 1 N–H and O–H groups in total. The molecule has 0 saturated carbocycles. The fraction of sp³-hybridized carbons (Fsp3) is 0.385. The predicted octanol–water partition coefficient (Wildman–Crippen LogP) is 3.32. The smallest absolute Gasteiger partial charge is 0.147 e. The van der Waals surface area contributed by atoms with Gasteiger partial charge in [-0.1, -0.05) is 35.9 Å². The van der Waals surface area contributed by atoms with Crippen LogP contribution in [0, 0.1) is 6.92 Å². The first-order valence-electron chi connectivity index (χ1n) is 6.00. The van der Waals surface area contributed by atoms with Crippen molar-refractivity contribution in [3.63, 3.8) is 0 Å². The normalized spacial score (nSPS) is 10.8. The summed E-state index contributed by atoms with van der Waals surface area (Å²) in [6.45, 7) is 6.04. The Hall–Kier alpha value is -0.970. The van der Waals surface area contributed by atoms with E-state index in [0.717, 1.165) is 45.7 Å². The minimum Gasteiger partial charge on any atom is -0.317 e. The predicted molar refractivity (Wildman–Crippen MR) is 77.3 cm³/mol. The van der Waals surface area contributed by atoms with Gasteiger partial charge in [0.05, 0.1) is 0 Å². The molecule has 0 radical (unpaired) electrons. The quantitative estimate of drug-likeness (QED) is 0.855. The summed E-state index contributed by atoms with van der Waals surface area (Å²) in [5.74, 6) is 0. The number of rotatable bonds is 5. The summed E-state index contributed by atoms with van der Waals surface area (Å²) in [6.07, 6.45) is 0.929. The van der Waals surface area contributed by atoms with Gasteiger partial charge in [0, 0.05) is 23.6 Å². The summed E-state index contributed by atoms with van der Waals surface area (Å²) >= 11 is 7.66. The van der Waals surface area contributed by atoms with Gasteiger partial charge >= 0.3 is 0 Å². The second-order valence-corrected chi connectivity index (χ2v) is 5.54. The molecule has 0 atom stereocenters. The molecule has 0 aliphatic rings. The van der Waals surface area contributed by atoms with Gasteiger partial charge in [0.15, 0.2) is 0 Å². The monoisotopic (exact) mass is 281 g/mol. The molecular formula is C13H16ClN3S. The highest BCUT2D eigenvalue weighted by Gasteiger charge is 2.07. The largest absolute Gasteiger partial charge is 0.317 e. The first-order valence-corrected chi connectivity index (χ1v) is 7.19. The zero-order valence-electron chi connectivity index (χ0n) is 10.5. The van der Waals surface area contributed by atoms with Crippen LogP contribution in [0.4, 0.5) is 0 Å². The lowest BCUT2D eigenvalue weighted by Crippen LogP contribution is -2.15. The van der Waals surface area contributed by atoms with E-state index >= 15 is 0 Å². The second kappa shape index (κ2) is 6.27. The third-order valence-electron chi connectivity index (χ3n) is 2.64. The summed E-state index contributed by atoms with van der Waals surface area (Å²) in [5, 5.41) is 14.5. The molecule has 0 amide bonds. The lowest BCUT2D eigenvalue weighted by atomic mass is 10.1. The van der Waals surface area contributed by atoms with Crippen LogP contribution in [0.25, 0.3) is 10.6 Å². The third-order valence-corrected chi connectivity index (χ3v) is 4.09. The van der Waals surface area contributed by atoms with Crippen molar-refractivity contribution in [3.8, 4) is 10.6 Å². The Kier molecular flexibility index (Phi) is 4.69. The number of hydrogen-bond donors (Lipinski definition) is 1. The van der Waals surface area contributed by atoms with Gasteiger partial charge in [0.1, 0.15) is 10.0 Å².